The fraction of sp³-hybridized carbons (Fsp3) is 0.0714. The van der Waals surface area contributed by atoms with Crippen molar-refractivity contribution in [2.75, 3.05) is 11.4 Å². The minimum atomic E-state index is -3.65. The number of aromatic carboxylic acids is 1. The van der Waals surface area contributed by atoms with Crippen molar-refractivity contribution < 1.29 is 37.2 Å². The van der Waals surface area contributed by atoms with Gasteiger partial charge in [-0.25, -0.2) is 8.42 Å². The van der Waals surface area contributed by atoms with Crippen LogP contribution in [0.5, 0.6) is 0 Å². The van der Waals surface area contributed by atoms with Crippen LogP contribution in [0.1, 0.15) is 10.4 Å². The van der Waals surface area contributed by atoms with Gasteiger partial charge in [-0.1, -0.05) is 30.3 Å². The zero-order valence-corrected chi connectivity index (χ0v) is 12.5. The summed E-state index contributed by atoms with van der Waals surface area (Å²) < 4.78 is 25.8. The number of nitrogens with zero attached hydrogens (tertiary/aromatic N) is 1. The molecule has 0 radical (unpaired) electrons. The number of carboxylic acids is 1. The fourth-order valence-electron chi connectivity index (χ4n) is 1.70. The standard InChI is InChI=1S/C14H13NO4S.Li/c1-15(12-9-7-11(8-10-12)14(16)17)20(18,19)13-5-3-2-4-6-13;/h2-10H,1H3,(H,16,17);/q;+1/p-1. The first-order valence-corrected chi connectivity index (χ1v) is 7.22. The Bertz CT molecular complexity index is 714. The molecule has 0 aliphatic rings. The molecular formula is C14H12LiNO4S. The SMILES string of the molecule is CN(c1ccc(C(=O)[O-])cc1)S(=O)(=O)c1ccccc1.[Li+]. The number of sulfonamides is 1. The van der Waals surface area contributed by atoms with Crippen molar-refractivity contribution in [3.05, 3.63) is 60.2 Å². The van der Waals surface area contributed by atoms with Crippen LogP contribution in [0.4, 0.5) is 5.69 Å². The number of carbonyl (C=O) groups is 1. The molecule has 0 aromatic heterocycles. The van der Waals surface area contributed by atoms with Crippen molar-refractivity contribution >= 4 is 21.7 Å². The third-order valence-corrected chi connectivity index (χ3v) is 4.67. The van der Waals surface area contributed by atoms with Crippen molar-refractivity contribution in [1.29, 1.82) is 0 Å². The molecule has 0 unspecified atom stereocenters. The van der Waals surface area contributed by atoms with E-state index in [1.54, 1.807) is 18.2 Å². The third kappa shape index (κ3) is 3.67. The van der Waals surface area contributed by atoms with Crippen LogP contribution in [0.25, 0.3) is 0 Å². The summed E-state index contributed by atoms with van der Waals surface area (Å²) in [4.78, 5) is 10.8. The molecule has 21 heavy (non-hydrogen) atoms. The number of hydrogen-bond donors (Lipinski definition) is 0. The summed E-state index contributed by atoms with van der Waals surface area (Å²) in [5.74, 6) is -1.30. The van der Waals surface area contributed by atoms with Crippen molar-refractivity contribution in [3.63, 3.8) is 0 Å². The second-order valence-corrected chi connectivity index (χ2v) is 6.09. The fourth-order valence-corrected chi connectivity index (χ4v) is 2.91. The monoisotopic (exact) mass is 297 g/mol. The van der Waals surface area contributed by atoms with Gasteiger partial charge in [-0.05, 0) is 29.8 Å². The van der Waals surface area contributed by atoms with Crippen LogP contribution >= 0.6 is 0 Å². The second-order valence-electron chi connectivity index (χ2n) is 4.12. The zero-order chi connectivity index (χ0) is 14.8. The Labute approximate surface area is 135 Å². The molecule has 7 heteroatoms. The molecule has 0 N–H and O–H groups in total. The Kier molecular flexibility index (Phi) is 5.61. The third-order valence-electron chi connectivity index (χ3n) is 2.87. The Morgan fingerprint density at radius 3 is 2.00 bits per heavy atom. The summed E-state index contributed by atoms with van der Waals surface area (Å²) in [6.07, 6.45) is 0. The van der Waals surface area contributed by atoms with Crippen LogP contribution in [-0.4, -0.2) is 21.4 Å². The number of carbonyl (C=O) groups excluding carboxylic acids is 1. The maximum Gasteiger partial charge on any atom is 1.00 e. The van der Waals surface area contributed by atoms with Gasteiger partial charge in [-0.2, -0.15) is 0 Å². The summed E-state index contributed by atoms with van der Waals surface area (Å²) in [6.45, 7) is 0. The second kappa shape index (κ2) is 6.81. The summed E-state index contributed by atoms with van der Waals surface area (Å²) in [7, 11) is -2.24. The van der Waals surface area contributed by atoms with E-state index in [1.165, 1.54) is 43.4 Å². The van der Waals surface area contributed by atoms with Gasteiger partial charge in [-0.3, -0.25) is 4.31 Å². The topological polar surface area (TPSA) is 77.5 Å². The Hall–Kier alpha value is -1.74. The molecule has 0 amide bonds. The van der Waals surface area contributed by atoms with Gasteiger partial charge in [0, 0.05) is 7.05 Å². The maximum atomic E-state index is 12.3. The number of rotatable bonds is 4. The van der Waals surface area contributed by atoms with Crippen LogP contribution in [0.15, 0.2) is 59.5 Å². The number of benzene rings is 2. The molecule has 0 heterocycles. The van der Waals surface area contributed by atoms with Gasteiger partial charge in [0.25, 0.3) is 10.0 Å². The van der Waals surface area contributed by atoms with E-state index in [-0.39, 0.29) is 29.3 Å². The molecule has 0 saturated carbocycles. The molecule has 5 nitrogen and oxygen atoms in total. The van der Waals surface area contributed by atoms with E-state index in [9.17, 15) is 18.3 Å². The van der Waals surface area contributed by atoms with Crippen LogP contribution in [0.2, 0.25) is 0 Å². The maximum absolute atomic E-state index is 12.3. The molecule has 0 aliphatic heterocycles. The Balaban J connectivity index is 0.00000220. The van der Waals surface area contributed by atoms with Gasteiger partial charge in [0.1, 0.15) is 0 Å². The van der Waals surface area contributed by atoms with Crippen molar-refractivity contribution in [2.45, 2.75) is 4.90 Å². The minimum Gasteiger partial charge on any atom is -0.545 e. The van der Waals surface area contributed by atoms with E-state index >= 15 is 0 Å². The number of anilines is 1. The largest absolute Gasteiger partial charge is 1.00 e. The van der Waals surface area contributed by atoms with Crippen molar-refractivity contribution in [3.8, 4) is 0 Å². The molecule has 2 aromatic carbocycles. The first-order valence-electron chi connectivity index (χ1n) is 5.78. The quantitative estimate of drug-likeness (QED) is 0.605. The molecule has 0 bridgehead atoms. The van der Waals surface area contributed by atoms with Gasteiger partial charge in [-0.15, -0.1) is 0 Å². The average Bonchev–Trinajstić information content (AvgIpc) is 2.47. The van der Waals surface area contributed by atoms with Crippen LogP contribution in [0, 0.1) is 0 Å². The van der Waals surface area contributed by atoms with E-state index in [0.717, 1.165) is 4.31 Å². The molecular weight excluding hydrogens is 285 g/mol. The first kappa shape index (κ1) is 17.3. The molecule has 2 rings (SSSR count). The Morgan fingerprint density at radius 2 is 1.52 bits per heavy atom. The normalized spacial score (nSPS) is 10.5. The van der Waals surface area contributed by atoms with Gasteiger partial charge in [0.05, 0.1) is 16.6 Å². The van der Waals surface area contributed by atoms with Crippen molar-refractivity contribution in [1.82, 2.24) is 0 Å². The van der Waals surface area contributed by atoms with Gasteiger partial charge in [0.2, 0.25) is 0 Å². The van der Waals surface area contributed by atoms with Crippen LogP contribution in [-0.2, 0) is 10.0 Å². The van der Waals surface area contributed by atoms with E-state index in [4.69, 9.17) is 0 Å². The van der Waals surface area contributed by atoms with Gasteiger partial charge >= 0.3 is 18.9 Å². The van der Waals surface area contributed by atoms with E-state index in [2.05, 4.69) is 0 Å². The Morgan fingerprint density at radius 1 is 1.00 bits per heavy atom. The smallest absolute Gasteiger partial charge is 0.545 e. The predicted octanol–water partition coefficient (Wildman–Crippen LogP) is -2.12. The van der Waals surface area contributed by atoms with Gasteiger partial charge in [0.15, 0.2) is 0 Å². The van der Waals surface area contributed by atoms with E-state index < -0.39 is 16.0 Å². The zero-order valence-electron chi connectivity index (χ0n) is 11.7. The molecule has 104 valence electrons. The van der Waals surface area contributed by atoms with Crippen LogP contribution in [0.3, 0.4) is 0 Å². The molecule has 0 fully saturated rings. The van der Waals surface area contributed by atoms with Crippen molar-refractivity contribution in [2.24, 2.45) is 0 Å². The first-order chi connectivity index (χ1) is 9.43. The number of hydrogen-bond acceptors (Lipinski definition) is 4. The van der Waals surface area contributed by atoms with E-state index in [1.807, 2.05) is 0 Å². The number of carboxylic acid groups (broad SMARTS) is 1. The molecule has 0 aliphatic carbocycles. The molecule has 2 aromatic rings. The molecule has 0 saturated heterocycles. The van der Waals surface area contributed by atoms with Crippen LogP contribution < -0.4 is 28.3 Å². The summed E-state index contributed by atoms with van der Waals surface area (Å²) >= 11 is 0. The minimum absolute atomic E-state index is 0. The summed E-state index contributed by atoms with van der Waals surface area (Å²) in [5, 5.41) is 10.7. The molecule has 0 spiro atoms. The predicted molar refractivity (Wildman–Crippen MR) is 72.8 cm³/mol. The summed E-state index contributed by atoms with van der Waals surface area (Å²) in [5.41, 5.74) is 0.373. The van der Waals surface area contributed by atoms with Gasteiger partial charge < -0.3 is 9.90 Å². The molecule has 0 atom stereocenters. The average molecular weight is 297 g/mol. The van der Waals surface area contributed by atoms with E-state index in [0.29, 0.717) is 5.69 Å². The summed E-state index contributed by atoms with van der Waals surface area (Å²) in [6, 6.07) is 13.5.